The molecule has 0 amide bonds. The van der Waals surface area contributed by atoms with Gasteiger partial charge < -0.3 is 15.2 Å². The van der Waals surface area contributed by atoms with Crippen LogP contribution >= 0.6 is 11.3 Å². The van der Waals surface area contributed by atoms with Gasteiger partial charge in [-0.2, -0.15) is 0 Å². The van der Waals surface area contributed by atoms with Gasteiger partial charge >= 0.3 is 5.97 Å². The summed E-state index contributed by atoms with van der Waals surface area (Å²) in [5, 5.41) is 12.7. The molecule has 116 valence electrons. The highest BCUT2D eigenvalue weighted by Gasteiger charge is 2.13. The predicted octanol–water partition coefficient (Wildman–Crippen LogP) is 4.69. The summed E-state index contributed by atoms with van der Waals surface area (Å²) in [5.41, 5.74) is 1.32. The number of ether oxygens (including phenoxy) is 1. The molecule has 1 aromatic heterocycles. The van der Waals surface area contributed by atoms with E-state index in [9.17, 15) is 4.79 Å². The molecule has 0 bridgehead atoms. The lowest BCUT2D eigenvalue weighted by Gasteiger charge is -2.07. The fourth-order valence-corrected chi connectivity index (χ4v) is 2.83. The number of hydrogen-bond donors (Lipinski definition) is 2. The molecule has 0 aliphatic heterocycles. The van der Waals surface area contributed by atoms with Gasteiger partial charge in [-0.15, -0.1) is 0 Å². The van der Waals surface area contributed by atoms with E-state index in [1.54, 1.807) is 6.92 Å². The van der Waals surface area contributed by atoms with Gasteiger partial charge in [0.2, 0.25) is 0 Å². The number of hydrogen-bond acceptors (Lipinski definition) is 5. The quantitative estimate of drug-likeness (QED) is 0.712. The van der Waals surface area contributed by atoms with Crippen LogP contribution in [0.1, 0.15) is 15.4 Å². The molecule has 3 rings (SSSR count). The minimum atomic E-state index is -0.959. The molecule has 6 heteroatoms. The molecule has 1 heterocycles. The lowest BCUT2D eigenvalue weighted by Crippen LogP contribution is -1.94. The second-order valence-electron chi connectivity index (χ2n) is 4.80. The number of carboxylic acids is 1. The van der Waals surface area contributed by atoms with Crippen LogP contribution in [0.5, 0.6) is 11.5 Å². The Morgan fingerprint density at radius 1 is 1.09 bits per heavy atom. The third kappa shape index (κ3) is 3.67. The van der Waals surface area contributed by atoms with E-state index in [4.69, 9.17) is 9.84 Å². The number of aromatic carboxylic acids is 1. The minimum Gasteiger partial charge on any atom is -0.477 e. The van der Waals surface area contributed by atoms with E-state index in [0.29, 0.717) is 10.8 Å². The van der Waals surface area contributed by atoms with E-state index < -0.39 is 5.97 Å². The summed E-state index contributed by atoms with van der Waals surface area (Å²) < 4.78 is 5.72. The molecule has 0 aliphatic carbocycles. The van der Waals surface area contributed by atoms with Crippen LogP contribution in [0.3, 0.4) is 0 Å². The molecule has 2 N–H and O–H groups in total. The molecule has 23 heavy (non-hydrogen) atoms. The Balaban J connectivity index is 1.70. The Kier molecular flexibility index (Phi) is 4.25. The van der Waals surface area contributed by atoms with Crippen LogP contribution in [-0.4, -0.2) is 16.1 Å². The molecule has 0 radical (unpaired) electrons. The largest absolute Gasteiger partial charge is 0.477 e. The first-order valence-electron chi connectivity index (χ1n) is 6.92. The van der Waals surface area contributed by atoms with Crippen LogP contribution in [0.2, 0.25) is 0 Å². The highest BCUT2D eigenvalue weighted by Crippen LogP contribution is 2.27. The van der Waals surface area contributed by atoms with E-state index in [1.165, 1.54) is 0 Å². The van der Waals surface area contributed by atoms with Crippen molar-refractivity contribution in [1.82, 2.24) is 4.98 Å². The third-order valence-electron chi connectivity index (χ3n) is 3.08. The highest BCUT2D eigenvalue weighted by atomic mass is 32.1. The number of nitrogens with zero attached hydrogens (tertiary/aromatic N) is 1. The van der Waals surface area contributed by atoms with Gasteiger partial charge in [-0.3, -0.25) is 0 Å². The number of para-hydroxylation sites is 1. The first-order chi connectivity index (χ1) is 11.1. The van der Waals surface area contributed by atoms with Crippen molar-refractivity contribution in [2.24, 2.45) is 0 Å². The fourth-order valence-electron chi connectivity index (χ4n) is 2.00. The monoisotopic (exact) mass is 326 g/mol. The van der Waals surface area contributed by atoms with Crippen molar-refractivity contribution < 1.29 is 14.6 Å². The zero-order valence-electron chi connectivity index (χ0n) is 12.3. The standard InChI is InChI=1S/C17H14N2O3S/c1-11-15(16(20)21)23-17(18-11)19-12-7-9-14(10-8-12)22-13-5-3-2-4-6-13/h2-10H,1H3,(H,18,19)(H,20,21). The highest BCUT2D eigenvalue weighted by molar-refractivity contribution is 7.17. The molecule has 3 aromatic rings. The lowest BCUT2D eigenvalue weighted by atomic mass is 10.3. The van der Waals surface area contributed by atoms with Crippen molar-refractivity contribution >= 4 is 28.1 Å². The Bertz CT molecular complexity index is 814. The van der Waals surface area contributed by atoms with E-state index in [0.717, 1.165) is 28.5 Å². The molecule has 0 aliphatic rings. The van der Waals surface area contributed by atoms with Gasteiger partial charge in [-0.1, -0.05) is 29.5 Å². The average molecular weight is 326 g/mol. The summed E-state index contributed by atoms with van der Waals surface area (Å²) in [6.07, 6.45) is 0. The Morgan fingerprint density at radius 2 is 1.74 bits per heavy atom. The van der Waals surface area contributed by atoms with Crippen LogP contribution in [0.4, 0.5) is 10.8 Å². The van der Waals surface area contributed by atoms with Crippen molar-refractivity contribution in [2.45, 2.75) is 6.92 Å². The third-order valence-corrected chi connectivity index (χ3v) is 4.14. The zero-order chi connectivity index (χ0) is 16.2. The molecule has 0 unspecified atom stereocenters. The molecule has 0 atom stereocenters. The molecule has 5 nitrogen and oxygen atoms in total. The van der Waals surface area contributed by atoms with Gasteiger partial charge in [0.05, 0.1) is 5.69 Å². The van der Waals surface area contributed by atoms with Crippen molar-refractivity contribution in [3.63, 3.8) is 0 Å². The minimum absolute atomic E-state index is 0.247. The molecule has 0 spiro atoms. The predicted molar refractivity (Wildman–Crippen MR) is 90.1 cm³/mol. The van der Waals surface area contributed by atoms with Gasteiger partial charge in [0.1, 0.15) is 16.4 Å². The molecule has 0 saturated heterocycles. The van der Waals surface area contributed by atoms with Crippen molar-refractivity contribution in [1.29, 1.82) is 0 Å². The van der Waals surface area contributed by atoms with Crippen LogP contribution in [0.25, 0.3) is 0 Å². The summed E-state index contributed by atoms with van der Waals surface area (Å²) in [6.45, 7) is 1.68. The maximum absolute atomic E-state index is 11.0. The number of carboxylic acid groups (broad SMARTS) is 1. The van der Waals surface area contributed by atoms with Crippen LogP contribution in [-0.2, 0) is 0 Å². The SMILES string of the molecule is Cc1nc(Nc2ccc(Oc3ccccc3)cc2)sc1C(=O)O. The van der Waals surface area contributed by atoms with Gasteiger partial charge in [0.15, 0.2) is 5.13 Å². The van der Waals surface area contributed by atoms with Gasteiger partial charge in [-0.25, -0.2) is 9.78 Å². The summed E-state index contributed by atoms with van der Waals surface area (Å²) in [4.78, 5) is 15.5. The molecular formula is C17H14N2O3S. The Labute approximate surface area is 137 Å². The maximum atomic E-state index is 11.0. The van der Waals surface area contributed by atoms with Crippen LogP contribution in [0.15, 0.2) is 54.6 Å². The first kappa shape index (κ1) is 15.1. The number of carbonyl (C=O) groups is 1. The maximum Gasteiger partial charge on any atom is 0.347 e. The Hall–Kier alpha value is -2.86. The summed E-state index contributed by atoms with van der Waals surface area (Å²) in [5.74, 6) is 0.540. The number of benzene rings is 2. The number of aromatic nitrogens is 1. The van der Waals surface area contributed by atoms with Crippen molar-refractivity contribution in [3.05, 3.63) is 65.2 Å². The topological polar surface area (TPSA) is 71.5 Å². The normalized spacial score (nSPS) is 10.3. The number of aryl methyl sites for hydroxylation is 1. The number of rotatable bonds is 5. The summed E-state index contributed by atoms with van der Waals surface area (Å²) in [7, 11) is 0. The number of thiazole rings is 1. The molecule has 0 fully saturated rings. The number of anilines is 2. The van der Waals surface area contributed by atoms with E-state index in [1.807, 2.05) is 54.6 Å². The smallest absolute Gasteiger partial charge is 0.347 e. The molecule has 2 aromatic carbocycles. The fraction of sp³-hybridized carbons (Fsp3) is 0.0588. The van der Waals surface area contributed by atoms with Crippen LogP contribution in [0, 0.1) is 6.92 Å². The molecule has 0 saturated carbocycles. The second-order valence-corrected chi connectivity index (χ2v) is 5.80. The summed E-state index contributed by atoms with van der Waals surface area (Å²) in [6, 6.07) is 16.9. The average Bonchev–Trinajstić information content (AvgIpc) is 2.91. The van der Waals surface area contributed by atoms with Crippen LogP contribution < -0.4 is 10.1 Å². The zero-order valence-corrected chi connectivity index (χ0v) is 13.1. The van der Waals surface area contributed by atoms with Crippen molar-refractivity contribution in [3.8, 4) is 11.5 Å². The van der Waals surface area contributed by atoms with Crippen molar-refractivity contribution in [2.75, 3.05) is 5.32 Å². The summed E-state index contributed by atoms with van der Waals surface area (Å²) >= 11 is 1.12. The number of nitrogens with one attached hydrogen (secondary N) is 1. The van der Waals surface area contributed by atoms with E-state index in [2.05, 4.69) is 10.3 Å². The Morgan fingerprint density at radius 3 is 2.35 bits per heavy atom. The van der Waals surface area contributed by atoms with E-state index >= 15 is 0 Å². The lowest BCUT2D eigenvalue weighted by molar-refractivity contribution is 0.0701. The first-order valence-corrected chi connectivity index (χ1v) is 7.74. The van der Waals surface area contributed by atoms with Gasteiger partial charge in [0, 0.05) is 5.69 Å². The molecular weight excluding hydrogens is 312 g/mol. The van der Waals surface area contributed by atoms with Gasteiger partial charge in [0.25, 0.3) is 0 Å². The second kappa shape index (κ2) is 6.50. The van der Waals surface area contributed by atoms with Gasteiger partial charge in [-0.05, 0) is 43.3 Å². The van der Waals surface area contributed by atoms with E-state index in [-0.39, 0.29) is 4.88 Å².